The molecule has 9 heteroatoms. The normalized spacial score (nSPS) is 28.9. The summed E-state index contributed by atoms with van der Waals surface area (Å²) in [6.45, 7) is 11.9. The number of alkyl halides is 1. The van der Waals surface area contributed by atoms with Crippen LogP contribution in [0, 0.1) is 17.8 Å². The molecular formula is C34H41BrN2O5S. The second-order valence-electron chi connectivity index (χ2n) is 11.9. The van der Waals surface area contributed by atoms with Crippen molar-refractivity contribution >= 4 is 61.9 Å². The monoisotopic (exact) mass is 668 g/mol. The molecule has 3 heterocycles. The molecule has 3 aliphatic rings. The average molecular weight is 670 g/mol. The van der Waals surface area contributed by atoms with Gasteiger partial charge in [0, 0.05) is 22.3 Å². The second kappa shape index (κ2) is 13.2. The number of aliphatic hydroxyl groups is 1. The molecule has 5 rings (SSSR count). The fourth-order valence-electron chi connectivity index (χ4n) is 7.23. The predicted octanol–water partition coefficient (Wildman–Crippen LogP) is 5.74. The van der Waals surface area contributed by atoms with Crippen molar-refractivity contribution in [3.63, 3.8) is 0 Å². The number of halogens is 1. The van der Waals surface area contributed by atoms with E-state index in [0.717, 1.165) is 23.6 Å². The number of unbranched alkanes of at least 4 members (excludes halogenated alkanes) is 1. The van der Waals surface area contributed by atoms with E-state index in [0.29, 0.717) is 18.5 Å². The van der Waals surface area contributed by atoms with Crippen molar-refractivity contribution in [2.75, 3.05) is 24.7 Å². The van der Waals surface area contributed by atoms with Gasteiger partial charge in [-0.25, -0.2) is 0 Å². The van der Waals surface area contributed by atoms with Crippen LogP contribution in [0.15, 0.2) is 67.8 Å². The molecule has 2 aromatic carbocycles. The maximum absolute atomic E-state index is 15.0. The number of allylic oxidation sites excluding steroid dienone is 1. The van der Waals surface area contributed by atoms with Crippen LogP contribution in [0.2, 0.25) is 0 Å². The van der Waals surface area contributed by atoms with Crippen LogP contribution in [0.1, 0.15) is 39.5 Å². The van der Waals surface area contributed by atoms with Crippen molar-refractivity contribution in [2.24, 2.45) is 17.8 Å². The number of carbonyl (C=O) groups excluding carboxylic acids is 3. The van der Waals surface area contributed by atoms with Crippen LogP contribution < -0.4 is 4.90 Å². The molecule has 2 aromatic rings. The molecule has 2 amide bonds. The minimum Gasteiger partial charge on any atom is -0.465 e. The lowest BCUT2D eigenvalue weighted by molar-refractivity contribution is -0.154. The Balaban J connectivity index is 1.59. The molecule has 1 spiro atoms. The summed E-state index contributed by atoms with van der Waals surface area (Å²) in [7, 11) is 0. The number of likely N-dealkylation sites (tertiary alicyclic amines) is 1. The first-order valence-electron chi connectivity index (χ1n) is 15.2. The number of esters is 1. The molecule has 3 fully saturated rings. The van der Waals surface area contributed by atoms with Gasteiger partial charge in [0.05, 0.1) is 35.8 Å². The molecule has 43 heavy (non-hydrogen) atoms. The minimum atomic E-state index is -0.865. The van der Waals surface area contributed by atoms with E-state index in [1.54, 1.807) is 33.7 Å². The number of nitrogens with zero attached hydrogens (tertiary/aromatic N) is 2. The highest BCUT2D eigenvalue weighted by Gasteiger charge is 2.77. The number of hydrogen-bond donors (Lipinski definition) is 1. The first kappa shape index (κ1) is 31.8. The maximum Gasteiger partial charge on any atom is 0.310 e. The Kier molecular flexibility index (Phi) is 9.73. The number of ether oxygens (including phenoxy) is 1. The Bertz CT molecular complexity index is 1400. The van der Waals surface area contributed by atoms with Crippen LogP contribution in [0.4, 0.5) is 5.69 Å². The fourth-order valence-corrected chi connectivity index (χ4v) is 10.8. The maximum atomic E-state index is 15.0. The fraction of sp³-hybridized carbons (Fsp3) is 0.500. The molecule has 0 aliphatic carbocycles. The van der Waals surface area contributed by atoms with E-state index in [4.69, 9.17) is 4.74 Å². The van der Waals surface area contributed by atoms with Crippen molar-refractivity contribution in [3.05, 3.63) is 67.8 Å². The Labute approximate surface area is 266 Å². The second-order valence-corrected chi connectivity index (χ2v) is 14.6. The van der Waals surface area contributed by atoms with E-state index in [-0.39, 0.29) is 53.5 Å². The third kappa shape index (κ3) is 5.46. The van der Waals surface area contributed by atoms with Gasteiger partial charge in [-0.3, -0.25) is 14.4 Å². The largest absolute Gasteiger partial charge is 0.465 e. The molecular weight excluding hydrogens is 628 g/mol. The third-order valence-corrected chi connectivity index (χ3v) is 12.7. The highest BCUT2D eigenvalue weighted by atomic mass is 79.9. The van der Waals surface area contributed by atoms with Crippen LogP contribution in [0.3, 0.4) is 0 Å². The summed E-state index contributed by atoms with van der Waals surface area (Å²) in [5, 5.41) is 12.5. The van der Waals surface area contributed by atoms with Gasteiger partial charge < -0.3 is 19.6 Å². The van der Waals surface area contributed by atoms with Crippen LogP contribution in [0.25, 0.3) is 10.8 Å². The van der Waals surface area contributed by atoms with Crippen LogP contribution in [-0.2, 0) is 19.1 Å². The van der Waals surface area contributed by atoms with Crippen LogP contribution in [-0.4, -0.2) is 74.5 Å². The lowest BCUT2D eigenvalue weighted by atomic mass is 9.71. The molecule has 230 valence electrons. The van der Waals surface area contributed by atoms with E-state index in [1.807, 2.05) is 56.3 Å². The first-order chi connectivity index (χ1) is 20.7. The van der Waals surface area contributed by atoms with Gasteiger partial charge in [0.25, 0.3) is 5.91 Å². The molecule has 3 unspecified atom stereocenters. The van der Waals surface area contributed by atoms with Crippen molar-refractivity contribution in [1.82, 2.24) is 4.90 Å². The van der Waals surface area contributed by atoms with Gasteiger partial charge in [0.1, 0.15) is 6.04 Å². The molecule has 7 nitrogen and oxygen atoms in total. The average Bonchev–Trinajstić information content (AvgIpc) is 3.61. The smallest absolute Gasteiger partial charge is 0.310 e. The Morgan fingerprint density at radius 1 is 1.23 bits per heavy atom. The van der Waals surface area contributed by atoms with Crippen molar-refractivity contribution in [3.8, 4) is 0 Å². The predicted molar refractivity (Wildman–Crippen MR) is 176 cm³/mol. The summed E-state index contributed by atoms with van der Waals surface area (Å²) >= 11 is 5.40. The SMILES string of the molecule is C=CCCCOC(=O)[C@H]1[C@H]2C(=O)N([C@@H](CO)[C@@H](C)CC)C(C(=O)N(CC=C)c3ccc4ccccc4c3)C23CC(Br)[C@@H]1S3. The van der Waals surface area contributed by atoms with E-state index in [2.05, 4.69) is 29.1 Å². The number of carbonyl (C=O) groups is 3. The lowest BCUT2D eigenvalue weighted by Gasteiger charge is -2.41. The minimum absolute atomic E-state index is 0.0562. The number of thioether (sulfide) groups is 1. The number of benzene rings is 2. The van der Waals surface area contributed by atoms with E-state index in [9.17, 15) is 19.5 Å². The van der Waals surface area contributed by atoms with Gasteiger partial charge in [0.15, 0.2) is 0 Å². The van der Waals surface area contributed by atoms with Crippen molar-refractivity contribution in [1.29, 1.82) is 0 Å². The zero-order valence-electron chi connectivity index (χ0n) is 24.9. The lowest BCUT2D eigenvalue weighted by Crippen LogP contribution is -2.59. The van der Waals surface area contributed by atoms with Gasteiger partial charge in [-0.05, 0) is 48.1 Å². The number of aliphatic hydroxyl groups excluding tert-OH is 1. The third-order valence-electron chi connectivity index (χ3n) is 9.50. The first-order valence-corrected chi connectivity index (χ1v) is 17.0. The van der Waals surface area contributed by atoms with Gasteiger partial charge in [-0.1, -0.05) is 78.7 Å². The zero-order valence-corrected chi connectivity index (χ0v) is 27.3. The Morgan fingerprint density at radius 2 is 1.98 bits per heavy atom. The van der Waals surface area contributed by atoms with Gasteiger partial charge in [-0.2, -0.15) is 0 Å². The quantitative estimate of drug-likeness (QED) is 0.127. The molecule has 1 N–H and O–H groups in total. The summed E-state index contributed by atoms with van der Waals surface area (Å²) in [6.07, 6.45) is 6.15. The summed E-state index contributed by atoms with van der Waals surface area (Å²) in [6, 6.07) is 12.5. The summed E-state index contributed by atoms with van der Waals surface area (Å²) in [5.41, 5.74) is 0.714. The Morgan fingerprint density at radius 3 is 2.65 bits per heavy atom. The van der Waals surface area contributed by atoms with E-state index < -0.39 is 28.7 Å². The number of fused-ring (bicyclic) bond motifs is 2. The molecule has 0 saturated carbocycles. The van der Waals surface area contributed by atoms with Crippen molar-refractivity contribution < 1.29 is 24.2 Å². The Hall–Kier alpha value is -2.62. The summed E-state index contributed by atoms with van der Waals surface area (Å²) in [4.78, 5) is 46.4. The van der Waals surface area contributed by atoms with Gasteiger partial charge in [0.2, 0.25) is 5.91 Å². The molecule has 8 atom stereocenters. The molecule has 3 saturated heterocycles. The topological polar surface area (TPSA) is 87.1 Å². The number of rotatable bonds is 13. The van der Waals surface area contributed by atoms with Crippen molar-refractivity contribution in [2.45, 2.75) is 66.4 Å². The van der Waals surface area contributed by atoms with E-state index >= 15 is 0 Å². The number of amides is 2. The van der Waals surface area contributed by atoms with Crippen LogP contribution in [0.5, 0.6) is 0 Å². The van der Waals surface area contributed by atoms with Gasteiger partial charge in [-0.15, -0.1) is 24.9 Å². The van der Waals surface area contributed by atoms with Gasteiger partial charge >= 0.3 is 5.97 Å². The molecule has 0 aromatic heterocycles. The van der Waals surface area contributed by atoms with Crippen LogP contribution >= 0.6 is 27.7 Å². The summed E-state index contributed by atoms with van der Waals surface area (Å²) < 4.78 is 4.88. The summed E-state index contributed by atoms with van der Waals surface area (Å²) in [5.74, 6) is -2.29. The molecule has 0 radical (unpaired) electrons. The van der Waals surface area contributed by atoms with E-state index in [1.165, 1.54) is 0 Å². The number of hydrogen-bond acceptors (Lipinski definition) is 6. The highest BCUT2D eigenvalue weighted by molar-refractivity contribution is 9.09. The zero-order chi connectivity index (χ0) is 30.9. The standard InChI is InChI=1S/C34H41BrN2O5S/c1-5-8-11-17-42-33(41)27-28-31(39)37(26(20-38)21(4)7-3)30(34(28)19-25(35)29(27)43-34)32(40)36(16-6-2)24-15-14-22-12-9-10-13-23(22)18-24/h5-6,9-10,12-15,18,21,25-30,38H,1-2,7-8,11,16-17,19-20H2,3-4H3/t21-,25?,26-,27-,28-,29-,30?,34?/m0/s1. The highest BCUT2D eigenvalue weighted by Crippen LogP contribution is 2.68. The number of anilines is 1. The molecule has 2 bridgehead atoms. The molecule has 3 aliphatic heterocycles.